The molecule has 0 spiro atoms. The van der Waals surface area contributed by atoms with Gasteiger partial charge in [-0.3, -0.25) is 4.79 Å². The van der Waals surface area contributed by atoms with Crippen molar-refractivity contribution >= 4 is 23.2 Å². The first-order valence-corrected chi connectivity index (χ1v) is 7.93. The van der Waals surface area contributed by atoms with Gasteiger partial charge in [0, 0.05) is 23.5 Å². The molecule has 2 aromatic rings. The van der Waals surface area contributed by atoms with Crippen molar-refractivity contribution in [2.75, 3.05) is 11.9 Å². The Bertz CT molecular complexity index is 776. The van der Waals surface area contributed by atoms with E-state index in [-0.39, 0.29) is 5.57 Å². The fourth-order valence-electron chi connectivity index (χ4n) is 2.09. The maximum atomic E-state index is 12.1. The molecule has 5 heteroatoms. The zero-order chi connectivity index (χ0) is 17.4. The number of para-hydroxylation sites is 1. The predicted molar refractivity (Wildman–Crippen MR) is 96.7 cm³/mol. The maximum Gasteiger partial charge on any atom is 0.267 e. The highest BCUT2D eigenvalue weighted by molar-refractivity contribution is 6.30. The van der Waals surface area contributed by atoms with Crippen molar-refractivity contribution in [3.63, 3.8) is 0 Å². The summed E-state index contributed by atoms with van der Waals surface area (Å²) in [4.78, 5) is 12.1. The van der Waals surface area contributed by atoms with Crippen LogP contribution in [0, 0.1) is 18.3 Å². The molecule has 0 bridgehead atoms. The average Bonchev–Trinajstić information content (AvgIpc) is 2.58. The Labute approximate surface area is 146 Å². The van der Waals surface area contributed by atoms with E-state index in [9.17, 15) is 4.79 Å². The lowest BCUT2D eigenvalue weighted by Gasteiger charge is -2.07. The average molecular weight is 340 g/mol. The number of benzene rings is 2. The molecule has 0 fully saturated rings. The van der Waals surface area contributed by atoms with Crippen LogP contribution in [0.15, 0.2) is 60.3 Å². The number of halogens is 1. The van der Waals surface area contributed by atoms with Gasteiger partial charge in [-0.25, -0.2) is 0 Å². The summed E-state index contributed by atoms with van der Waals surface area (Å²) in [5, 5.41) is 15.6. The largest absolute Gasteiger partial charge is 0.389 e. The quantitative estimate of drug-likeness (QED) is 0.477. The smallest absolute Gasteiger partial charge is 0.267 e. The van der Waals surface area contributed by atoms with Gasteiger partial charge in [0.05, 0.1) is 0 Å². The van der Waals surface area contributed by atoms with Gasteiger partial charge in [-0.05, 0) is 42.7 Å². The van der Waals surface area contributed by atoms with Crippen LogP contribution in [0.2, 0.25) is 5.02 Å². The molecule has 2 N–H and O–H groups in total. The minimum Gasteiger partial charge on any atom is -0.389 e. The number of nitriles is 1. The molecule has 1 amide bonds. The van der Waals surface area contributed by atoms with Crippen molar-refractivity contribution in [3.05, 3.63) is 76.5 Å². The number of amides is 1. The van der Waals surface area contributed by atoms with Crippen LogP contribution in [0.1, 0.15) is 11.1 Å². The third-order valence-electron chi connectivity index (χ3n) is 3.48. The van der Waals surface area contributed by atoms with Gasteiger partial charge in [0.2, 0.25) is 0 Å². The summed E-state index contributed by atoms with van der Waals surface area (Å²) in [5.41, 5.74) is 2.81. The van der Waals surface area contributed by atoms with Crippen molar-refractivity contribution in [1.29, 1.82) is 5.26 Å². The number of hydrogen-bond donors (Lipinski definition) is 2. The van der Waals surface area contributed by atoms with Crippen LogP contribution in [0.5, 0.6) is 0 Å². The molecule has 0 aliphatic heterocycles. The highest BCUT2D eigenvalue weighted by Crippen LogP contribution is 2.14. The van der Waals surface area contributed by atoms with E-state index in [1.165, 1.54) is 6.20 Å². The predicted octanol–water partition coefficient (Wildman–Crippen LogP) is 3.83. The van der Waals surface area contributed by atoms with Crippen molar-refractivity contribution in [3.8, 4) is 6.07 Å². The molecule has 0 saturated heterocycles. The van der Waals surface area contributed by atoms with Crippen LogP contribution in [0.3, 0.4) is 0 Å². The monoisotopic (exact) mass is 339 g/mol. The molecule has 0 aliphatic rings. The molecule has 0 aliphatic carbocycles. The van der Waals surface area contributed by atoms with Gasteiger partial charge in [0.25, 0.3) is 5.91 Å². The number of nitrogens with one attached hydrogen (secondary N) is 2. The fourth-order valence-corrected chi connectivity index (χ4v) is 2.22. The molecule has 0 saturated carbocycles. The number of nitrogens with zero attached hydrogens (tertiary/aromatic N) is 1. The first kappa shape index (κ1) is 17.6. The van der Waals surface area contributed by atoms with Crippen LogP contribution in [0.25, 0.3) is 0 Å². The number of rotatable bonds is 6. The SMILES string of the molecule is Cc1ccccc1NC(=O)/C(C#N)=C\NCCc1ccc(Cl)cc1. The summed E-state index contributed by atoms with van der Waals surface area (Å²) in [6, 6.07) is 16.9. The van der Waals surface area contributed by atoms with Crippen molar-refractivity contribution in [1.82, 2.24) is 5.32 Å². The molecule has 0 atom stereocenters. The number of carbonyl (C=O) groups excluding carboxylic acids is 1. The Kier molecular flexibility index (Phi) is 6.41. The third-order valence-corrected chi connectivity index (χ3v) is 3.73. The van der Waals surface area contributed by atoms with Gasteiger partial charge in [-0.1, -0.05) is 41.9 Å². The lowest BCUT2D eigenvalue weighted by Crippen LogP contribution is -2.18. The Morgan fingerprint density at radius 3 is 2.58 bits per heavy atom. The summed E-state index contributed by atoms with van der Waals surface area (Å²) in [7, 11) is 0. The third kappa shape index (κ3) is 5.15. The second-order valence-electron chi connectivity index (χ2n) is 5.27. The van der Waals surface area contributed by atoms with Gasteiger partial charge in [-0.15, -0.1) is 0 Å². The van der Waals surface area contributed by atoms with Crippen LogP contribution in [-0.2, 0) is 11.2 Å². The number of anilines is 1. The molecule has 0 radical (unpaired) electrons. The lowest BCUT2D eigenvalue weighted by molar-refractivity contribution is -0.112. The molecular weight excluding hydrogens is 322 g/mol. The van der Waals surface area contributed by atoms with Crippen LogP contribution in [0.4, 0.5) is 5.69 Å². The van der Waals surface area contributed by atoms with E-state index < -0.39 is 5.91 Å². The highest BCUT2D eigenvalue weighted by Gasteiger charge is 2.10. The topological polar surface area (TPSA) is 64.9 Å². The highest BCUT2D eigenvalue weighted by atomic mass is 35.5. The lowest BCUT2D eigenvalue weighted by atomic mass is 10.1. The van der Waals surface area contributed by atoms with Crippen molar-refractivity contribution in [2.45, 2.75) is 13.3 Å². The first-order valence-electron chi connectivity index (χ1n) is 7.55. The molecule has 2 rings (SSSR count). The normalized spacial score (nSPS) is 10.8. The number of hydrogen-bond acceptors (Lipinski definition) is 3. The Balaban J connectivity index is 1.89. The fraction of sp³-hybridized carbons (Fsp3) is 0.158. The van der Waals surface area contributed by atoms with Crippen molar-refractivity contribution < 1.29 is 4.79 Å². The zero-order valence-corrected chi connectivity index (χ0v) is 14.1. The van der Waals surface area contributed by atoms with E-state index in [0.29, 0.717) is 17.3 Å². The molecular formula is C19H18ClN3O. The van der Waals surface area contributed by atoms with E-state index in [1.54, 1.807) is 6.07 Å². The summed E-state index contributed by atoms with van der Waals surface area (Å²) in [6.07, 6.45) is 2.22. The van der Waals surface area contributed by atoms with Gasteiger partial charge in [0.15, 0.2) is 0 Å². The molecule has 0 unspecified atom stereocenters. The van der Waals surface area contributed by atoms with E-state index in [4.69, 9.17) is 16.9 Å². The Hall–Kier alpha value is -2.77. The zero-order valence-electron chi connectivity index (χ0n) is 13.3. The van der Waals surface area contributed by atoms with Crippen LogP contribution in [-0.4, -0.2) is 12.5 Å². The molecule has 0 heterocycles. The van der Waals surface area contributed by atoms with Gasteiger partial charge >= 0.3 is 0 Å². The summed E-state index contributed by atoms with van der Waals surface area (Å²) in [6.45, 7) is 2.51. The standard InChI is InChI=1S/C19H18ClN3O/c1-14-4-2-3-5-18(14)23-19(24)16(12-21)13-22-11-10-15-6-8-17(20)9-7-15/h2-9,13,22H,10-11H2,1H3,(H,23,24)/b16-13-. The number of carbonyl (C=O) groups is 1. The number of aryl methyl sites for hydroxylation is 1. The van der Waals surface area contributed by atoms with Gasteiger partial charge in [0.1, 0.15) is 11.6 Å². The van der Waals surface area contributed by atoms with Crippen LogP contribution >= 0.6 is 11.6 Å². The Morgan fingerprint density at radius 1 is 1.21 bits per heavy atom. The molecule has 122 valence electrons. The summed E-state index contributed by atoms with van der Waals surface area (Å²) in [5.74, 6) is -0.425. The van der Waals surface area contributed by atoms with Crippen LogP contribution < -0.4 is 10.6 Å². The second-order valence-corrected chi connectivity index (χ2v) is 5.71. The molecule has 2 aromatic carbocycles. The second kappa shape index (κ2) is 8.76. The van der Waals surface area contributed by atoms with E-state index >= 15 is 0 Å². The maximum absolute atomic E-state index is 12.1. The summed E-state index contributed by atoms with van der Waals surface area (Å²) >= 11 is 5.84. The van der Waals surface area contributed by atoms with E-state index in [2.05, 4.69) is 10.6 Å². The van der Waals surface area contributed by atoms with E-state index in [1.807, 2.05) is 55.5 Å². The molecule has 4 nitrogen and oxygen atoms in total. The minimum atomic E-state index is -0.425. The molecule has 0 aromatic heterocycles. The minimum absolute atomic E-state index is 0.0364. The van der Waals surface area contributed by atoms with Gasteiger partial charge < -0.3 is 10.6 Å². The summed E-state index contributed by atoms with van der Waals surface area (Å²) < 4.78 is 0. The molecule has 24 heavy (non-hydrogen) atoms. The first-order chi connectivity index (χ1) is 11.6. The van der Waals surface area contributed by atoms with Gasteiger partial charge in [-0.2, -0.15) is 5.26 Å². The van der Waals surface area contributed by atoms with Crippen molar-refractivity contribution in [2.24, 2.45) is 0 Å². The Morgan fingerprint density at radius 2 is 1.92 bits per heavy atom. The van der Waals surface area contributed by atoms with E-state index in [0.717, 1.165) is 17.5 Å².